The SMILES string of the molecule is COc1cc(Nc2ncnc3sc(C(=O)OC4CCCCC4)c(C)c23)c(OC)cc1NC(=O)c1ccccc1. The van der Waals surface area contributed by atoms with Crippen LogP contribution in [-0.2, 0) is 4.74 Å². The average molecular weight is 547 g/mol. The molecule has 2 aromatic carbocycles. The van der Waals surface area contributed by atoms with E-state index in [0.717, 1.165) is 36.6 Å². The third kappa shape index (κ3) is 5.65. The Morgan fingerprint density at radius 1 is 0.949 bits per heavy atom. The molecule has 1 aliphatic carbocycles. The standard InChI is InChI=1S/C29H30N4O5S/c1-17-24-26(30-16-31-28(24)39-25(17)29(35)38-19-12-8-5-9-13-19)32-20-14-23(37-3)21(15-22(20)36-2)33-27(34)18-10-6-4-7-11-18/h4,6-7,10-11,14-16,19H,5,8-9,12-13H2,1-3H3,(H,33,34)(H,30,31,32). The van der Waals surface area contributed by atoms with Gasteiger partial charge in [-0.05, 0) is 50.3 Å². The first-order valence-electron chi connectivity index (χ1n) is 12.8. The third-order valence-electron chi connectivity index (χ3n) is 6.80. The van der Waals surface area contributed by atoms with Gasteiger partial charge in [-0.15, -0.1) is 11.3 Å². The number of aromatic nitrogens is 2. The highest BCUT2D eigenvalue weighted by atomic mass is 32.1. The molecule has 0 aliphatic heterocycles. The largest absolute Gasteiger partial charge is 0.494 e. The number of carbonyl (C=O) groups is 2. The Bertz CT molecular complexity index is 1500. The van der Waals surface area contributed by atoms with Gasteiger partial charge in [-0.1, -0.05) is 24.6 Å². The summed E-state index contributed by atoms with van der Waals surface area (Å²) in [6.45, 7) is 1.88. The molecule has 5 rings (SSSR count). The third-order valence-corrected chi connectivity index (χ3v) is 7.98. The molecule has 0 radical (unpaired) electrons. The fourth-order valence-electron chi connectivity index (χ4n) is 4.75. The summed E-state index contributed by atoms with van der Waals surface area (Å²) in [4.78, 5) is 35.9. The molecule has 9 nitrogen and oxygen atoms in total. The molecule has 1 aliphatic rings. The van der Waals surface area contributed by atoms with E-state index in [1.807, 2.05) is 13.0 Å². The van der Waals surface area contributed by atoms with Gasteiger partial charge in [-0.2, -0.15) is 0 Å². The minimum absolute atomic E-state index is 0.0304. The van der Waals surface area contributed by atoms with Crippen molar-refractivity contribution in [1.29, 1.82) is 0 Å². The number of nitrogens with one attached hydrogen (secondary N) is 2. The van der Waals surface area contributed by atoms with Crippen molar-refractivity contribution in [2.45, 2.75) is 45.1 Å². The summed E-state index contributed by atoms with van der Waals surface area (Å²) in [5.41, 5.74) is 2.32. The summed E-state index contributed by atoms with van der Waals surface area (Å²) in [7, 11) is 3.07. The van der Waals surface area contributed by atoms with Gasteiger partial charge in [-0.25, -0.2) is 14.8 Å². The Balaban J connectivity index is 1.44. The molecule has 0 atom stereocenters. The van der Waals surface area contributed by atoms with E-state index in [2.05, 4.69) is 20.6 Å². The first-order chi connectivity index (χ1) is 19.0. The summed E-state index contributed by atoms with van der Waals surface area (Å²) in [6.07, 6.45) is 6.60. The van der Waals surface area contributed by atoms with Crippen LogP contribution in [0.4, 0.5) is 17.2 Å². The molecule has 4 aromatic rings. The number of aryl methyl sites for hydroxylation is 1. The molecule has 1 amide bonds. The highest BCUT2D eigenvalue weighted by molar-refractivity contribution is 7.20. The number of ether oxygens (including phenoxy) is 3. The van der Waals surface area contributed by atoms with Crippen LogP contribution in [0.5, 0.6) is 11.5 Å². The molecule has 0 unspecified atom stereocenters. The number of anilines is 3. The van der Waals surface area contributed by atoms with Gasteiger partial charge in [0.1, 0.15) is 39.5 Å². The van der Waals surface area contributed by atoms with Crippen molar-refractivity contribution < 1.29 is 23.8 Å². The number of benzene rings is 2. The molecule has 1 saturated carbocycles. The van der Waals surface area contributed by atoms with Gasteiger partial charge in [-0.3, -0.25) is 4.79 Å². The molecule has 39 heavy (non-hydrogen) atoms. The van der Waals surface area contributed by atoms with Gasteiger partial charge < -0.3 is 24.8 Å². The van der Waals surface area contributed by atoms with Crippen LogP contribution in [0.25, 0.3) is 10.2 Å². The van der Waals surface area contributed by atoms with Crippen LogP contribution in [0.15, 0.2) is 48.8 Å². The number of fused-ring (bicyclic) bond motifs is 1. The van der Waals surface area contributed by atoms with Crippen LogP contribution in [0.1, 0.15) is 57.7 Å². The van der Waals surface area contributed by atoms with Crippen LogP contribution >= 0.6 is 11.3 Å². The van der Waals surface area contributed by atoms with Crippen molar-refractivity contribution in [3.63, 3.8) is 0 Å². The number of rotatable bonds is 8. The maximum atomic E-state index is 13.0. The molecule has 0 saturated heterocycles. The highest BCUT2D eigenvalue weighted by Crippen LogP contribution is 2.40. The van der Waals surface area contributed by atoms with E-state index < -0.39 is 0 Å². The van der Waals surface area contributed by atoms with Crippen LogP contribution in [0.3, 0.4) is 0 Å². The Morgan fingerprint density at radius 3 is 2.36 bits per heavy atom. The quantitative estimate of drug-likeness (QED) is 0.241. The Kier molecular flexibility index (Phi) is 7.92. The Hall–Kier alpha value is -4.18. The van der Waals surface area contributed by atoms with Gasteiger partial charge in [0, 0.05) is 17.7 Å². The molecular formula is C29H30N4O5S. The second kappa shape index (κ2) is 11.7. The van der Waals surface area contributed by atoms with Crippen molar-refractivity contribution in [1.82, 2.24) is 9.97 Å². The van der Waals surface area contributed by atoms with Crippen LogP contribution in [0, 0.1) is 6.92 Å². The van der Waals surface area contributed by atoms with Crippen LogP contribution < -0.4 is 20.1 Å². The summed E-state index contributed by atoms with van der Waals surface area (Å²) >= 11 is 1.30. The fraction of sp³-hybridized carbons (Fsp3) is 0.310. The van der Waals surface area contributed by atoms with E-state index in [1.165, 1.54) is 31.2 Å². The van der Waals surface area contributed by atoms with E-state index >= 15 is 0 Å². The number of nitrogens with zero attached hydrogens (tertiary/aromatic N) is 2. The van der Waals surface area contributed by atoms with Crippen molar-refractivity contribution in [2.75, 3.05) is 24.9 Å². The summed E-state index contributed by atoms with van der Waals surface area (Å²) in [6, 6.07) is 12.3. The number of thiophene rings is 1. The zero-order valence-electron chi connectivity index (χ0n) is 22.1. The molecule has 2 aromatic heterocycles. The molecule has 1 fully saturated rings. The number of hydrogen-bond acceptors (Lipinski definition) is 9. The second-order valence-electron chi connectivity index (χ2n) is 9.32. The molecule has 202 valence electrons. The topological polar surface area (TPSA) is 112 Å². The van der Waals surface area contributed by atoms with E-state index in [9.17, 15) is 9.59 Å². The predicted octanol–water partition coefficient (Wildman–Crippen LogP) is 6.50. The summed E-state index contributed by atoms with van der Waals surface area (Å²) < 4.78 is 17.0. The minimum Gasteiger partial charge on any atom is -0.494 e. The second-order valence-corrected chi connectivity index (χ2v) is 10.3. The number of hydrogen-bond donors (Lipinski definition) is 2. The molecule has 2 N–H and O–H groups in total. The molecule has 0 bridgehead atoms. The molecule has 0 spiro atoms. The van der Waals surface area contributed by atoms with Crippen molar-refractivity contribution in [3.8, 4) is 11.5 Å². The Labute approximate surface area is 230 Å². The fourth-order valence-corrected chi connectivity index (χ4v) is 5.79. The highest BCUT2D eigenvalue weighted by Gasteiger charge is 2.25. The van der Waals surface area contributed by atoms with Crippen LogP contribution in [0.2, 0.25) is 0 Å². The van der Waals surface area contributed by atoms with E-state index in [4.69, 9.17) is 14.2 Å². The maximum absolute atomic E-state index is 13.0. The molecule has 10 heteroatoms. The average Bonchev–Trinajstić information content (AvgIpc) is 3.31. The lowest BCUT2D eigenvalue weighted by atomic mass is 9.98. The first-order valence-corrected chi connectivity index (χ1v) is 13.6. The van der Waals surface area contributed by atoms with E-state index in [-0.39, 0.29) is 18.0 Å². The van der Waals surface area contributed by atoms with Crippen molar-refractivity contribution in [2.24, 2.45) is 0 Å². The normalized spacial score (nSPS) is 13.6. The lowest BCUT2D eigenvalue weighted by Crippen LogP contribution is -2.20. The summed E-state index contributed by atoms with van der Waals surface area (Å²) in [5, 5.41) is 6.93. The molecule has 2 heterocycles. The van der Waals surface area contributed by atoms with Gasteiger partial charge in [0.05, 0.1) is 31.0 Å². The smallest absolute Gasteiger partial charge is 0.348 e. The van der Waals surface area contributed by atoms with Crippen molar-refractivity contribution >= 4 is 50.6 Å². The zero-order valence-corrected chi connectivity index (χ0v) is 22.9. The maximum Gasteiger partial charge on any atom is 0.348 e. The van der Waals surface area contributed by atoms with E-state index in [1.54, 1.807) is 43.5 Å². The number of amides is 1. The van der Waals surface area contributed by atoms with Crippen molar-refractivity contribution in [3.05, 3.63) is 64.8 Å². The first kappa shape index (κ1) is 26.4. The number of esters is 1. The van der Waals surface area contributed by atoms with Gasteiger partial charge >= 0.3 is 5.97 Å². The van der Waals surface area contributed by atoms with Crippen LogP contribution in [-0.4, -0.2) is 42.2 Å². The van der Waals surface area contributed by atoms with Gasteiger partial charge in [0.25, 0.3) is 5.91 Å². The lowest BCUT2D eigenvalue weighted by molar-refractivity contribution is 0.0216. The van der Waals surface area contributed by atoms with E-state index in [0.29, 0.717) is 44.0 Å². The van der Waals surface area contributed by atoms with Gasteiger partial charge in [0.2, 0.25) is 0 Å². The minimum atomic E-state index is -0.314. The zero-order chi connectivity index (χ0) is 27.4. The predicted molar refractivity (Wildman–Crippen MR) is 152 cm³/mol. The summed E-state index contributed by atoms with van der Waals surface area (Å²) in [5.74, 6) is 0.844. The lowest BCUT2D eigenvalue weighted by Gasteiger charge is -2.21. The number of methoxy groups -OCH3 is 2. The number of carbonyl (C=O) groups excluding carboxylic acids is 2. The Morgan fingerprint density at radius 2 is 1.64 bits per heavy atom. The van der Waals surface area contributed by atoms with Gasteiger partial charge in [0.15, 0.2) is 0 Å². The monoisotopic (exact) mass is 546 g/mol. The molecular weight excluding hydrogens is 516 g/mol.